The highest BCUT2D eigenvalue weighted by Crippen LogP contribution is 2.31. The molecule has 2 aromatic carbocycles. The van der Waals surface area contributed by atoms with Crippen molar-refractivity contribution >= 4 is 27.5 Å². The van der Waals surface area contributed by atoms with Gasteiger partial charge in [0.2, 0.25) is 0 Å². The molecule has 2 aromatic heterocycles. The molecular formula is C22H21N5O. The highest BCUT2D eigenvalue weighted by molar-refractivity contribution is 5.97. The zero-order chi connectivity index (χ0) is 19.5. The summed E-state index contributed by atoms with van der Waals surface area (Å²) in [6.45, 7) is 3.62. The van der Waals surface area contributed by atoms with Crippen molar-refractivity contribution in [3.05, 3.63) is 59.9 Å². The summed E-state index contributed by atoms with van der Waals surface area (Å²) in [5, 5.41) is 19.5. The highest BCUT2D eigenvalue weighted by atomic mass is 16.5. The number of aromatic nitrogens is 3. The number of benzene rings is 2. The SMILES string of the molecule is COc1cccc2c(NCCCn3ncc4c(C)cccc43)c(C#N)cnc12. The van der Waals surface area contributed by atoms with E-state index >= 15 is 0 Å². The quantitative estimate of drug-likeness (QED) is 0.512. The van der Waals surface area contributed by atoms with Gasteiger partial charge in [-0.05, 0) is 31.0 Å². The average molecular weight is 371 g/mol. The highest BCUT2D eigenvalue weighted by Gasteiger charge is 2.12. The van der Waals surface area contributed by atoms with E-state index in [4.69, 9.17) is 4.74 Å². The summed E-state index contributed by atoms with van der Waals surface area (Å²) in [4.78, 5) is 4.39. The third-order valence-corrected chi connectivity index (χ3v) is 4.95. The van der Waals surface area contributed by atoms with Crippen molar-refractivity contribution < 1.29 is 4.74 Å². The Morgan fingerprint density at radius 3 is 2.82 bits per heavy atom. The zero-order valence-corrected chi connectivity index (χ0v) is 15.9. The van der Waals surface area contributed by atoms with Gasteiger partial charge in [0.25, 0.3) is 0 Å². The number of anilines is 1. The Bertz CT molecular complexity index is 1190. The maximum atomic E-state index is 9.48. The monoisotopic (exact) mass is 371 g/mol. The second-order valence-electron chi connectivity index (χ2n) is 6.67. The van der Waals surface area contributed by atoms with E-state index in [0.717, 1.165) is 41.6 Å². The van der Waals surface area contributed by atoms with Gasteiger partial charge in [-0.2, -0.15) is 10.4 Å². The van der Waals surface area contributed by atoms with Gasteiger partial charge < -0.3 is 10.1 Å². The number of methoxy groups -OCH3 is 1. The molecule has 140 valence electrons. The fourth-order valence-corrected chi connectivity index (χ4v) is 3.50. The molecule has 0 spiro atoms. The molecule has 0 aliphatic carbocycles. The second-order valence-corrected chi connectivity index (χ2v) is 6.67. The molecule has 0 aliphatic rings. The maximum Gasteiger partial charge on any atom is 0.145 e. The summed E-state index contributed by atoms with van der Waals surface area (Å²) in [6, 6.07) is 14.2. The summed E-state index contributed by atoms with van der Waals surface area (Å²) in [5.41, 5.74) is 4.46. The molecule has 6 heteroatoms. The number of pyridine rings is 1. The molecule has 1 N–H and O–H groups in total. The average Bonchev–Trinajstić information content (AvgIpc) is 3.15. The molecule has 0 saturated carbocycles. The summed E-state index contributed by atoms with van der Waals surface area (Å²) in [5.74, 6) is 0.698. The number of aryl methyl sites for hydroxylation is 2. The number of hydrogen-bond acceptors (Lipinski definition) is 5. The molecule has 4 aromatic rings. The van der Waals surface area contributed by atoms with E-state index in [0.29, 0.717) is 11.3 Å². The van der Waals surface area contributed by atoms with Crippen LogP contribution in [-0.2, 0) is 6.54 Å². The number of nitrogens with zero attached hydrogens (tertiary/aromatic N) is 4. The summed E-state index contributed by atoms with van der Waals surface area (Å²) in [6.07, 6.45) is 4.40. The molecule has 2 heterocycles. The predicted octanol–water partition coefficient (Wildman–Crippen LogP) is 4.28. The molecule has 0 unspecified atom stereocenters. The summed E-state index contributed by atoms with van der Waals surface area (Å²) in [7, 11) is 1.62. The van der Waals surface area contributed by atoms with E-state index in [-0.39, 0.29) is 0 Å². The van der Waals surface area contributed by atoms with E-state index in [1.807, 2.05) is 29.1 Å². The maximum absolute atomic E-state index is 9.48. The lowest BCUT2D eigenvalue weighted by molar-refractivity contribution is 0.419. The summed E-state index contributed by atoms with van der Waals surface area (Å²) >= 11 is 0. The fourth-order valence-electron chi connectivity index (χ4n) is 3.50. The number of para-hydroxylation sites is 1. The molecule has 28 heavy (non-hydrogen) atoms. The van der Waals surface area contributed by atoms with Crippen molar-refractivity contribution in [3.63, 3.8) is 0 Å². The Morgan fingerprint density at radius 2 is 2.00 bits per heavy atom. The Hall–Kier alpha value is -3.59. The van der Waals surface area contributed by atoms with Crippen molar-refractivity contribution in [1.29, 1.82) is 5.26 Å². The van der Waals surface area contributed by atoms with Crippen LogP contribution in [0.4, 0.5) is 5.69 Å². The Labute approximate surface area is 163 Å². The molecule has 0 saturated heterocycles. The molecule has 0 amide bonds. The van der Waals surface area contributed by atoms with Crippen LogP contribution in [0.2, 0.25) is 0 Å². The minimum atomic E-state index is 0.529. The number of fused-ring (bicyclic) bond motifs is 2. The first-order valence-electron chi connectivity index (χ1n) is 9.23. The predicted molar refractivity (Wildman–Crippen MR) is 111 cm³/mol. The van der Waals surface area contributed by atoms with Gasteiger partial charge in [0, 0.05) is 30.1 Å². The topological polar surface area (TPSA) is 75.8 Å². The van der Waals surface area contributed by atoms with E-state index in [1.54, 1.807) is 13.3 Å². The first kappa shape index (κ1) is 17.8. The van der Waals surface area contributed by atoms with Crippen LogP contribution < -0.4 is 10.1 Å². The van der Waals surface area contributed by atoms with Crippen molar-refractivity contribution in [2.24, 2.45) is 0 Å². The van der Waals surface area contributed by atoms with E-state index < -0.39 is 0 Å². The molecule has 4 rings (SSSR count). The minimum absolute atomic E-state index is 0.529. The van der Waals surface area contributed by atoms with Gasteiger partial charge in [0.05, 0.1) is 30.1 Å². The number of rotatable bonds is 6. The molecule has 6 nitrogen and oxygen atoms in total. The van der Waals surface area contributed by atoms with Crippen molar-refractivity contribution in [1.82, 2.24) is 14.8 Å². The van der Waals surface area contributed by atoms with Gasteiger partial charge in [0.15, 0.2) is 0 Å². The smallest absolute Gasteiger partial charge is 0.145 e. The van der Waals surface area contributed by atoms with Crippen molar-refractivity contribution in [2.75, 3.05) is 19.0 Å². The molecule has 0 bridgehead atoms. The van der Waals surface area contributed by atoms with Crippen LogP contribution in [0.3, 0.4) is 0 Å². The van der Waals surface area contributed by atoms with Gasteiger partial charge in [-0.25, -0.2) is 0 Å². The van der Waals surface area contributed by atoms with Gasteiger partial charge >= 0.3 is 0 Å². The zero-order valence-electron chi connectivity index (χ0n) is 15.9. The Balaban J connectivity index is 1.52. The number of ether oxygens (including phenoxy) is 1. The number of nitrogens with one attached hydrogen (secondary N) is 1. The van der Waals surface area contributed by atoms with Crippen LogP contribution in [0.15, 0.2) is 48.8 Å². The normalized spacial score (nSPS) is 10.9. The standard InChI is InChI=1S/C22H21N5O/c1-15-6-3-8-19-18(15)14-26-27(19)11-5-10-24-21-16(12-23)13-25-22-17(21)7-4-9-20(22)28-2/h3-4,6-9,13-14H,5,10-11H2,1-2H3,(H,24,25). The molecule has 0 atom stereocenters. The molecule has 0 aliphatic heterocycles. The van der Waals surface area contributed by atoms with Crippen LogP contribution >= 0.6 is 0 Å². The first-order chi connectivity index (χ1) is 13.7. The van der Waals surface area contributed by atoms with E-state index in [9.17, 15) is 5.26 Å². The van der Waals surface area contributed by atoms with Crippen LogP contribution in [0.5, 0.6) is 5.75 Å². The third kappa shape index (κ3) is 3.12. The van der Waals surface area contributed by atoms with Crippen LogP contribution in [0.25, 0.3) is 21.8 Å². The molecule has 0 fully saturated rings. The lowest BCUT2D eigenvalue weighted by Gasteiger charge is -2.13. The number of hydrogen-bond donors (Lipinski definition) is 1. The minimum Gasteiger partial charge on any atom is -0.494 e. The van der Waals surface area contributed by atoms with Gasteiger partial charge in [0.1, 0.15) is 17.3 Å². The van der Waals surface area contributed by atoms with Gasteiger partial charge in [-0.15, -0.1) is 0 Å². The van der Waals surface area contributed by atoms with Crippen LogP contribution in [-0.4, -0.2) is 28.4 Å². The Kier molecular flexibility index (Phi) is 4.81. The number of nitriles is 1. The van der Waals surface area contributed by atoms with Gasteiger partial charge in [-0.3, -0.25) is 9.67 Å². The van der Waals surface area contributed by atoms with Crippen molar-refractivity contribution in [2.45, 2.75) is 19.9 Å². The lowest BCUT2D eigenvalue weighted by Crippen LogP contribution is -2.09. The molecular weight excluding hydrogens is 350 g/mol. The largest absolute Gasteiger partial charge is 0.494 e. The first-order valence-corrected chi connectivity index (χ1v) is 9.23. The lowest BCUT2D eigenvalue weighted by atomic mass is 10.1. The summed E-state index contributed by atoms with van der Waals surface area (Å²) < 4.78 is 7.43. The van der Waals surface area contributed by atoms with E-state index in [2.05, 4.69) is 46.6 Å². The van der Waals surface area contributed by atoms with Gasteiger partial charge in [-0.1, -0.05) is 24.3 Å². The van der Waals surface area contributed by atoms with Crippen molar-refractivity contribution in [3.8, 4) is 11.8 Å². The van der Waals surface area contributed by atoms with Crippen LogP contribution in [0.1, 0.15) is 17.5 Å². The van der Waals surface area contributed by atoms with E-state index in [1.165, 1.54) is 10.9 Å². The van der Waals surface area contributed by atoms with Crippen LogP contribution in [0, 0.1) is 18.3 Å². The molecule has 0 radical (unpaired) electrons. The Morgan fingerprint density at radius 1 is 1.14 bits per heavy atom. The fraction of sp³-hybridized carbons (Fsp3) is 0.227. The third-order valence-electron chi connectivity index (χ3n) is 4.95. The second kappa shape index (κ2) is 7.57.